The second-order valence-corrected chi connectivity index (χ2v) is 6.56. The fraction of sp³-hybridized carbons (Fsp3) is 0.692. The maximum atomic E-state index is 5.78. The highest BCUT2D eigenvalue weighted by Crippen LogP contribution is 2.21. The Labute approximate surface area is 108 Å². The topological polar surface area (TPSA) is 12.0 Å². The van der Waals surface area contributed by atoms with E-state index in [0.29, 0.717) is 5.41 Å². The Morgan fingerprint density at radius 3 is 2.56 bits per heavy atom. The van der Waals surface area contributed by atoms with Crippen LogP contribution in [0.4, 0.5) is 0 Å². The molecule has 0 bridgehead atoms. The Hall–Kier alpha value is -0.0500. The molecule has 1 N–H and O–H groups in total. The number of alkyl halides is 1. The molecule has 0 atom stereocenters. The van der Waals surface area contributed by atoms with Gasteiger partial charge in [-0.1, -0.05) is 20.8 Å². The maximum absolute atomic E-state index is 5.78. The summed E-state index contributed by atoms with van der Waals surface area (Å²) in [5.74, 6) is 0.744. The van der Waals surface area contributed by atoms with Crippen molar-refractivity contribution in [1.82, 2.24) is 5.32 Å². The summed E-state index contributed by atoms with van der Waals surface area (Å²) in [6, 6.07) is 4.45. The van der Waals surface area contributed by atoms with Crippen LogP contribution in [0.25, 0.3) is 0 Å². The van der Waals surface area contributed by atoms with Gasteiger partial charge >= 0.3 is 0 Å². The van der Waals surface area contributed by atoms with E-state index in [2.05, 4.69) is 38.2 Å². The lowest BCUT2D eigenvalue weighted by Crippen LogP contribution is -2.29. The fourth-order valence-corrected chi connectivity index (χ4v) is 3.01. The largest absolute Gasteiger partial charge is 0.311 e. The molecule has 1 heterocycles. The van der Waals surface area contributed by atoms with Crippen LogP contribution < -0.4 is 5.32 Å². The summed E-state index contributed by atoms with van der Waals surface area (Å²) >= 11 is 7.69. The molecule has 1 aromatic rings. The molecule has 0 radical (unpaired) electrons. The molecule has 16 heavy (non-hydrogen) atoms. The molecular weight excluding hydrogens is 238 g/mol. The molecule has 0 aliphatic rings. The van der Waals surface area contributed by atoms with E-state index in [1.54, 1.807) is 0 Å². The molecule has 0 aromatic carbocycles. The summed E-state index contributed by atoms with van der Waals surface area (Å²) in [6.07, 6.45) is 2.20. The van der Waals surface area contributed by atoms with Gasteiger partial charge in [-0.2, -0.15) is 0 Å². The van der Waals surface area contributed by atoms with Gasteiger partial charge in [-0.3, -0.25) is 0 Å². The second-order valence-electron chi connectivity index (χ2n) is 4.93. The van der Waals surface area contributed by atoms with Gasteiger partial charge in [-0.15, -0.1) is 22.9 Å². The minimum Gasteiger partial charge on any atom is -0.311 e. The van der Waals surface area contributed by atoms with Crippen LogP contribution in [0.1, 0.15) is 36.9 Å². The van der Waals surface area contributed by atoms with E-state index < -0.39 is 0 Å². The first-order valence-electron chi connectivity index (χ1n) is 5.91. The maximum Gasteiger partial charge on any atom is 0.0300 e. The standard InChI is InChI=1S/C13H22ClNS/c1-4-11-5-6-12(16-11)9-15-10-13(2,3)7-8-14/h5-6,15H,4,7-10H2,1-3H3. The zero-order valence-electron chi connectivity index (χ0n) is 10.5. The van der Waals surface area contributed by atoms with Gasteiger partial charge in [0.05, 0.1) is 0 Å². The van der Waals surface area contributed by atoms with Crippen molar-refractivity contribution in [3.63, 3.8) is 0 Å². The number of rotatable bonds is 7. The molecule has 0 spiro atoms. The number of nitrogens with one attached hydrogen (secondary N) is 1. The van der Waals surface area contributed by atoms with Crippen molar-refractivity contribution < 1.29 is 0 Å². The molecular formula is C13H22ClNS. The van der Waals surface area contributed by atoms with Crippen LogP contribution >= 0.6 is 22.9 Å². The number of thiophene rings is 1. The number of hydrogen-bond donors (Lipinski definition) is 1. The highest BCUT2D eigenvalue weighted by Gasteiger charge is 2.16. The summed E-state index contributed by atoms with van der Waals surface area (Å²) in [7, 11) is 0. The summed E-state index contributed by atoms with van der Waals surface area (Å²) in [4.78, 5) is 2.90. The van der Waals surface area contributed by atoms with E-state index in [-0.39, 0.29) is 0 Å². The molecule has 0 saturated carbocycles. The lowest BCUT2D eigenvalue weighted by atomic mass is 9.90. The monoisotopic (exact) mass is 259 g/mol. The molecule has 0 amide bonds. The van der Waals surface area contributed by atoms with Gasteiger partial charge in [0.2, 0.25) is 0 Å². The Morgan fingerprint density at radius 2 is 2.00 bits per heavy atom. The predicted octanol–water partition coefficient (Wildman–Crippen LogP) is 4.06. The van der Waals surface area contributed by atoms with Crippen LogP contribution in [0.15, 0.2) is 12.1 Å². The Morgan fingerprint density at radius 1 is 1.31 bits per heavy atom. The zero-order valence-corrected chi connectivity index (χ0v) is 12.0. The van der Waals surface area contributed by atoms with E-state index in [1.807, 2.05) is 11.3 Å². The summed E-state index contributed by atoms with van der Waals surface area (Å²) in [5.41, 5.74) is 0.298. The van der Waals surface area contributed by atoms with Gasteiger partial charge in [-0.05, 0) is 30.4 Å². The number of aryl methyl sites for hydroxylation is 1. The first kappa shape index (κ1) is 14.0. The van der Waals surface area contributed by atoms with Crippen molar-refractivity contribution in [2.45, 2.75) is 40.2 Å². The highest BCUT2D eigenvalue weighted by atomic mass is 35.5. The van der Waals surface area contributed by atoms with Crippen LogP contribution in [-0.4, -0.2) is 12.4 Å². The van der Waals surface area contributed by atoms with Crippen LogP contribution in [0.3, 0.4) is 0 Å². The Balaban J connectivity index is 2.29. The molecule has 0 unspecified atom stereocenters. The highest BCUT2D eigenvalue weighted by molar-refractivity contribution is 7.11. The third-order valence-electron chi connectivity index (χ3n) is 2.74. The van der Waals surface area contributed by atoms with Crippen molar-refractivity contribution >= 4 is 22.9 Å². The van der Waals surface area contributed by atoms with Crippen LogP contribution in [0, 0.1) is 5.41 Å². The zero-order chi connectivity index (χ0) is 12.0. The van der Waals surface area contributed by atoms with E-state index in [4.69, 9.17) is 11.6 Å². The third-order valence-corrected chi connectivity index (χ3v) is 4.16. The van der Waals surface area contributed by atoms with E-state index in [0.717, 1.165) is 31.8 Å². The first-order valence-corrected chi connectivity index (χ1v) is 7.27. The molecule has 0 aliphatic heterocycles. The van der Waals surface area contributed by atoms with Crippen molar-refractivity contribution in [3.05, 3.63) is 21.9 Å². The van der Waals surface area contributed by atoms with Gasteiger partial charge in [-0.25, -0.2) is 0 Å². The lowest BCUT2D eigenvalue weighted by Gasteiger charge is -2.23. The minimum atomic E-state index is 0.298. The first-order chi connectivity index (χ1) is 7.57. The van der Waals surface area contributed by atoms with Crippen molar-refractivity contribution in [2.75, 3.05) is 12.4 Å². The third kappa shape index (κ3) is 4.86. The van der Waals surface area contributed by atoms with Gasteiger partial charge in [0.1, 0.15) is 0 Å². The van der Waals surface area contributed by atoms with E-state index in [9.17, 15) is 0 Å². The number of halogens is 1. The molecule has 1 aromatic heterocycles. The molecule has 0 aliphatic carbocycles. The molecule has 1 nitrogen and oxygen atoms in total. The van der Waals surface area contributed by atoms with Crippen LogP contribution in [0.5, 0.6) is 0 Å². The van der Waals surface area contributed by atoms with Gasteiger partial charge < -0.3 is 5.32 Å². The average Bonchev–Trinajstić information content (AvgIpc) is 2.65. The lowest BCUT2D eigenvalue weighted by molar-refractivity contribution is 0.330. The quantitative estimate of drug-likeness (QED) is 0.729. The van der Waals surface area contributed by atoms with E-state index in [1.165, 1.54) is 9.75 Å². The van der Waals surface area contributed by atoms with Crippen LogP contribution in [0.2, 0.25) is 0 Å². The Bertz CT molecular complexity index is 307. The number of hydrogen-bond acceptors (Lipinski definition) is 2. The van der Waals surface area contributed by atoms with E-state index >= 15 is 0 Å². The van der Waals surface area contributed by atoms with Gasteiger partial charge in [0.15, 0.2) is 0 Å². The van der Waals surface area contributed by atoms with Gasteiger partial charge in [0.25, 0.3) is 0 Å². The summed E-state index contributed by atoms with van der Waals surface area (Å²) in [6.45, 7) is 8.73. The minimum absolute atomic E-state index is 0.298. The summed E-state index contributed by atoms with van der Waals surface area (Å²) in [5, 5.41) is 3.52. The van der Waals surface area contributed by atoms with Crippen molar-refractivity contribution in [1.29, 1.82) is 0 Å². The normalized spacial score (nSPS) is 12.0. The average molecular weight is 260 g/mol. The Kier molecular flexibility index (Phi) is 5.81. The molecule has 0 fully saturated rings. The van der Waals surface area contributed by atoms with Gasteiger partial charge in [0, 0.05) is 28.7 Å². The smallest absolute Gasteiger partial charge is 0.0300 e. The molecule has 0 saturated heterocycles. The molecule has 1 rings (SSSR count). The SMILES string of the molecule is CCc1ccc(CNCC(C)(C)CCCl)s1. The van der Waals surface area contributed by atoms with Crippen molar-refractivity contribution in [3.8, 4) is 0 Å². The predicted molar refractivity (Wildman–Crippen MR) is 74.5 cm³/mol. The summed E-state index contributed by atoms with van der Waals surface area (Å²) < 4.78 is 0. The fourth-order valence-electron chi connectivity index (χ4n) is 1.58. The van der Waals surface area contributed by atoms with Crippen molar-refractivity contribution in [2.24, 2.45) is 5.41 Å². The molecule has 92 valence electrons. The molecule has 3 heteroatoms. The van der Waals surface area contributed by atoms with Crippen LogP contribution in [-0.2, 0) is 13.0 Å². The second kappa shape index (κ2) is 6.63.